The van der Waals surface area contributed by atoms with E-state index < -0.39 is 11.6 Å². The van der Waals surface area contributed by atoms with Crippen molar-refractivity contribution in [3.05, 3.63) is 53.5 Å². The van der Waals surface area contributed by atoms with Gasteiger partial charge in [-0.05, 0) is 50.6 Å². The van der Waals surface area contributed by atoms with Gasteiger partial charge in [0, 0.05) is 25.2 Å². The Labute approximate surface area is 187 Å². The van der Waals surface area contributed by atoms with Gasteiger partial charge in [-0.15, -0.1) is 0 Å². The van der Waals surface area contributed by atoms with E-state index in [4.69, 9.17) is 9.47 Å². The molecule has 0 radical (unpaired) electrons. The van der Waals surface area contributed by atoms with Crippen LogP contribution in [0.4, 0.5) is 15.9 Å². The summed E-state index contributed by atoms with van der Waals surface area (Å²) < 4.78 is 27.5. The van der Waals surface area contributed by atoms with Crippen LogP contribution in [-0.2, 0) is 16.5 Å². The molecule has 1 aromatic carbocycles. The molecule has 7 nitrogen and oxygen atoms in total. The minimum atomic E-state index is -0.658. The lowest BCUT2D eigenvalue weighted by atomic mass is 10.1. The van der Waals surface area contributed by atoms with Crippen molar-refractivity contribution < 1.29 is 18.7 Å². The van der Waals surface area contributed by atoms with Crippen molar-refractivity contribution >= 4 is 28.4 Å². The summed E-state index contributed by atoms with van der Waals surface area (Å²) in [5.74, 6) is -0.878. The summed E-state index contributed by atoms with van der Waals surface area (Å²) in [6.07, 6.45) is 1.43. The van der Waals surface area contributed by atoms with E-state index in [-0.39, 0.29) is 17.7 Å². The number of halogens is 1. The molecule has 2 aromatic heterocycles. The third-order valence-corrected chi connectivity index (χ3v) is 5.11. The van der Waals surface area contributed by atoms with Gasteiger partial charge in [0.25, 0.3) is 5.91 Å². The number of hydrogen-bond acceptors (Lipinski definition) is 5. The van der Waals surface area contributed by atoms with Crippen LogP contribution in [0.1, 0.15) is 43.6 Å². The van der Waals surface area contributed by atoms with Gasteiger partial charge in [-0.3, -0.25) is 4.79 Å². The van der Waals surface area contributed by atoms with Crippen molar-refractivity contribution in [2.45, 2.75) is 46.5 Å². The zero-order chi connectivity index (χ0) is 23.5. The van der Waals surface area contributed by atoms with Crippen LogP contribution >= 0.6 is 0 Å². The van der Waals surface area contributed by atoms with Gasteiger partial charge in [-0.1, -0.05) is 19.9 Å². The summed E-state index contributed by atoms with van der Waals surface area (Å²) in [6, 6.07) is 8.51. The van der Waals surface area contributed by atoms with Crippen molar-refractivity contribution in [1.82, 2.24) is 14.9 Å². The fourth-order valence-electron chi connectivity index (χ4n) is 3.64. The van der Waals surface area contributed by atoms with Crippen LogP contribution in [0.15, 0.2) is 36.5 Å². The van der Waals surface area contributed by atoms with E-state index in [1.54, 1.807) is 29.9 Å². The third kappa shape index (κ3) is 4.92. The maximum absolute atomic E-state index is 14.5. The molecule has 1 saturated heterocycles. The molecule has 172 valence electrons. The first-order valence-electron chi connectivity index (χ1n) is 10.8. The topological polar surface area (TPSA) is 77.4 Å². The van der Waals surface area contributed by atoms with E-state index in [1.807, 2.05) is 46.8 Å². The molecule has 1 amide bonds. The van der Waals surface area contributed by atoms with Crippen LogP contribution in [0.3, 0.4) is 0 Å². The second-order valence-corrected chi connectivity index (χ2v) is 7.93. The van der Waals surface area contributed by atoms with Crippen molar-refractivity contribution in [3.63, 3.8) is 0 Å². The van der Waals surface area contributed by atoms with Crippen molar-refractivity contribution in [2.24, 2.45) is 7.05 Å². The molecule has 0 saturated carbocycles. The molecular formula is C24H31FN4O3. The van der Waals surface area contributed by atoms with Gasteiger partial charge in [0.15, 0.2) is 5.79 Å². The van der Waals surface area contributed by atoms with Gasteiger partial charge in [-0.25, -0.2) is 9.37 Å². The summed E-state index contributed by atoms with van der Waals surface area (Å²) in [5.41, 5.74) is 2.13. The summed E-state index contributed by atoms with van der Waals surface area (Å²) in [6.45, 7) is 10.2. The van der Waals surface area contributed by atoms with Gasteiger partial charge in [0.2, 0.25) is 0 Å². The summed E-state index contributed by atoms with van der Waals surface area (Å²) >= 11 is 0. The molecule has 0 aliphatic carbocycles. The number of nitrogens with one attached hydrogen (secondary N) is 2. The lowest BCUT2D eigenvalue weighted by molar-refractivity contribution is -0.137. The largest absolute Gasteiger partial charge is 0.349 e. The zero-order valence-corrected chi connectivity index (χ0v) is 19.5. The highest BCUT2D eigenvalue weighted by Gasteiger charge is 2.33. The number of aryl methyl sites for hydroxylation is 2. The Kier molecular flexibility index (Phi) is 7.16. The van der Waals surface area contributed by atoms with E-state index in [2.05, 4.69) is 15.6 Å². The lowest BCUT2D eigenvalue weighted by Gasteiger charge is -2.17. The smallest absolute Gasteiger partial charge is 0.255 e. The minimum Gasteiger partial charge on any atom is -0.349 e. The maximum atomic E-state index is 14.5. The molecule has 0 spiro atoms. The lowest BCUT2D eigenvalue weighted by Crippen LogP contribution is -2.34. The second-order valence-electron chi connectivity index (χ2n) is 7.93. The highest BCUT2D eigenvalue weighted by atomic mass is 19.1. The molecule has 2 N–H and O–H groups in total. The predicted molar refractivity (Wildman–Crippen MR) is 124 cm³/mol. The molecule has 1 atom stereocenters. The Bertz CT molecular complexity index is 1110. The van der Waals surface area contributed by atoms with E-state index in [9.17, 15) is 9.18 Å². The molecule has 1 aliphatic heterocycles. The number of fused-ring (bicyclic) bond motifs is 1. The average molecular weight is 443 g/mol. The van der Waals surface area contributed by atoms with Gasteiger partial charge in [0.05, 0.1) is 17.9 Å². The molecule has 32 heavy (non-hydrogen) atoms. The average Bonchev–Trinajstić information content (AvgIpc) is 3.26. The number of aromatic nitrogens is 2. The van der Waals surface area contributed by atoms with Crippen LogP contribution in [0.25, 0.3) is 11.0 Å². The fraction of sp³-hybridized carbons (Fsp3) is 0.417. The third-order valence-electron chi connectivity index (χ3n) is 5.11. The van der Waals surface area contributed by atoms with E-state index >= 15 is 0 Å². The summed E-state index contributed by atoms with van der Waals surface area (Å²) in [7, 11) is 1.79. The van der Waals surface area contributed by atoms with E-state index in [1.165, 1.54) is 6.07 Å². The van der Waals surface area contributed by atoms with Gasteiger partial charge in [-0.2, -0.15) is 0 Å². The quantitative estimate of drug-likeness (QED) is 0.600. The predicted octanol–water partition coefficient (Wildman–Crippen LogP) is 4.67. The first kappa shape index (κ1) is 23.7. The maximum Gasteiger partial charge on any atom is 0.255 e. The van der Waals surface area contributed by atoms with Crippen LogP contribution in [0, 0.1) is 12.7 Å². The second kappa shape index (κ2) is 9.67. The number of hydrogen-bond donors (Lipinski definition) is 2. The number of ether oxygens (including phenoxy) is 2. The molecule has 8 heteroatoms. The zero-order valence-electron chi connectivity index (χ0n) is 19.5. The Morgan fingerprint density at radius 2 is 2.06 bits per heavy atom. The van der Waals surface area contributed by atoms with E-state index in [0.29, 0.717) is 35.6 Å². The molecule has 1 aliphatic rings. The Hall–Kier alpha value is -2.97. The molecule has 1 fully saturated rings. The van der Waals surface area contributed by atoms with Crippen LogP contribution < -0.4 is 10.6 Å². The number of nitrogens with zero attached hydrogens (tertiary/aromatic N) is 2. The number of pyridine rings is 1. The monoisotopic (exact) mass is 442 g/mol. The number of anilines is 2. The van der Waals surface area contributed by atoms with E-state index in [0.717, 1.165) is 5.56 Å². The Morgan fingerprint density at radius 1 is 1.31 bits per heavy atom. The summed E-state index contributed by atoms with van der Waals surface area (Å²) in [5, 5.41) is 6.67. The van der Waals surface area contributed by atoms with Crippen LogP contribution in [0.2, 0.25) is 0 Å². The van der Waals surface area contributed by atoms with Crippen molar-refractivity contribution in [2.75, 3.05) is 18.5 Å². The number of carbonyl (C=O) groups is 1. The fourth-order valence-corrected chi connectivity index (χ4v) is 3.64. The van der Waals surface area contributed by atoms with Crippen molar-refractivity contribution in [1.29, 1.82) is 0 Å². The SMILES string of the molecule is CC.Cc1ccc(Nc2c(C(=O)NCC3COC(C)(C)O3)c3cccnc3n2C)c(F)c1. The molecule has 1 unspecified atom stereocenters. The molecule has 3 heterocycles. The van der Waals surface area contributed by atoms with Crippen molar-refractivity contribution in [3.8, 4) is 0 Å². The number of carbonyl (C=O) groups excluding carboxylic acids is 1. The molecular weight excluding hydrogens is 411 g/mol. The highest BCUT2D eigenvalue weighted by molar-refractivity contribution is 6.11. The molecule has 4 rings (SSSR count). The summed E-state index contributed by atoms with van der Waals surface area (Å²) in [4.78, 5) is 17.5. The Balaban J connectivity index is 0.00000141. The number of rotatable bonds is 5. The van der Waals surface area contributed by atoms with Gasteiger partial charge >= 0.3 is 0 Å². The normalized spacial score (nSPS) is 17.0. The number of amides is 1. The van der Waals surface area contributed by atoms with Crippen LogP contribution in [0.5, 0.6) is 0 Å². The highest BCUT2D eigenvalue weighted by Crippen LogP contribution is 2.31. The Morgan fingerprint density at radius 3 is 2.72 bits per heavy atom. The van der Waals surface area contributed by atoms with Crippen LogP contribution in [-0.4, -0.2) is 40.5 Å². The standard InChI is InChI=1S/C22H25FN4O3.C2H6/c1-13-7-8-17(16(23)10-13)26-20-18(15-6-5-9-24-19(15)27(20)4)21(28)25-11-14-12-29-22(2,3)30-14;1-2/h5-10,14,26H,11-12H2,1-4H3,(H,25,28);1-2H3. The number of benzene rings is 1. The molecule has 3 aromatic rings. The van der Waals surface area contributed by atoms with Gasteiger partial charge in [0.1, 0.15) is 23.4 Å². The van der Waals surface area contributed by atoms with Gasteiger partial charge < -0.3 is 24.7 Å². The first-order valence-corrected chi connectivity index (χ1v) is 10.8. The minimum absolute atomic E-state index is 0.233. The first-order chi connectivity index (χ1) is 15.2. The molecule has 0 bridgehead atoms.